The summed E-state index contributed by atoms with van der Waals surface area (Å²) in [7, 11) is 1.75. The molecule has 0 spiro atoms. The van der Waals surface area contributed by atoms with Gasteiger partial charge in [-0.3, -0.25) is 14.8 Å². The van der Waals surface area contributed by atoms with Gasteiger partial charge in [0.05, 0.1) is 12.2 Å². The number of fused-ring (bicyclic) bond motifs is 1. The average molecular weight is 188 g/mol. The lowest BCUT2D eigenvalue weighted by atomic mass is 10.1. The van der Waals surface area contributed by atoms with E-state index in [-0.39, 0.29) is 0 Å². The minimum atomic E-state index is 0.742. The lowest BCUT2D eigenvalue weighted by Crippen LogP contribution is -2.40. The van der Waals surface area contributed by atoms with Crippen molar-refractivity contribution in [2.75, 3.05) is 18.6 Å². The van der Waals surface area contributed by atoms with Crippen LogP contribution in [-0.4, -0.2) is 25.0 Å². The molecule has 0 aromatic heterocycles. The maximum Gasteiger partial charge on any atom is 0.228 e. The number of anilines is 1. The Hall–Kier alpha value is -1.77. The molecule has 0 N–H and O–H groups in total. The van der Waals surface area contributed by atoms with Gasteiger partial charge in [-0.25, -0.2) is 0 Å². The summed E-state index contributed by atoms with van der Waals surface area (Å²) < 4.78 is 0. The Labute approximate surface area is 83.2 Å². The molecule has 3 nitrogen and oxygen atoms in total. The molecule has 0 fully saturated rings. The molecular formula is C11H12N2O. The number of amides is 1. The zero-order chi connectivity index (χ0) is 9.97. The fourth-order valence-electron chi connectivity index (χ4n) is 1.60. The lowest BCUT2D eigenvalue weighted by molar-refractivity contribution is -0.117. The molecule has 0 saturated heterocycles. The third kappa shape index (κ3) is 1.37. The zero-order valence-electron chi connectivity index (χ0n) is 8.05. The van der Waals surface area contributed by atoms with Crippen LogP contribution < -0.4 is 5.01 Å². The molecule has 72 valence electrons. The molecule has 1 heterocycles. The zero-order valence-corrected chi connectivity index (χ0v) is 8.05. The number of para-hydroxylation sites is 1. The van der Waals surface area contributed by atoms with Crippen LogP contribution in [0.15, 0.2) is 30.3 Å². The standard InChI is InChI=1S/C11H12N2O/c1-12(9-14)13-8-4-6-10-5-2-3-7-11(10)13/h2-7,9H,8H2,1H3. The predicted molar refractivity (Wildman–Crippen MR) is 56.6 cm³/mol. The number of hydrogen-bond acceptors (Lipinski definition) is 2. The van der Waals surface area contributed by atoms with Crippen LogP contribution in [0.25, 0.3) is 6.08 Å². The maximum atomic E-state index is 10.7. The highest BCUT2D eigenvalue weighted by Gasteiger charge is 2.14. The van der Waals surface area contributed by atoms with Gasteiger partial charge >= 0.3 is 0 Å². The van der Waals surface area contributed by atoms with E-state index in [0.717, 1.165) is 24.2 Å². The smallest absolute Gasteiger partial charge is 0.228 e. The van der Waals surface area contributed by atoms with Gasteiger partial charge in [-0.05, 0) is 11.6 Å². The molecule has 14 heavy (non-hydrogen) atoms. The lowest BCUT2D eigenvalue weighted by Gasteiger charge is -2.33. The fraction of sp³-hybridized carbons (Fsp3) is 0.182. The maximum absolute atomic E-state index is 10.7. The molecule has 1 amide bonds. The Morgan fingerprint density at radius 3 is 3.00 bits per heavy atom. The van der Waals surface area contributed by atoms with Crippen molar-refractivity contribution in [3.05, 3.63) is 35.9 Å². The first kappa shape index (κ1) is 8.81. The summed E-state index contributed by atoms with van der Waals surface area (Å²) in [6.07, 6.45) is 4.93. The van der Waals surface area contributed by atoms with E-state index >= 15 is 0 Å². The molecule has 3 heteroatoms. The van der Waals surface area contributed by atoms with E-state index in [2.05, 4.69) is 6.08 Å². The van der Waals surface area contributed by atoms with Crippen LogP contribution in [0, 0.1) is 0 Å². The summed E-state index contributed by atoms with van der Waals surface area (Å²) in [6, 6.07) is 8.02. The molecule has 1 aromatic rings. The molecule has 1 aliphatic heterocycles. The summed E-state index contributed by atoms with van der Waals surface area (Å²) in [5, 5.41) is 3.49. The van der Waals surface area contributed by atoms with Crippen molar-refractivity contribution < 1.29 is 4.79 Å². The van der Waals surface area contributed by atoms with Gasteiger partial charge in [-0.1, -0.05) is 30.4 Å². The van der Waals surface area contributed by atoms with E-state index in [4.69, 9.17) is 0 Å². The molecule has 0 unspecified atom stereocenters. The quantitative estimate of drug-likeness (QED) is 0.657. The molecule has 1 aliphatic rings. The number of carbonyl (C=O) groups is 1. The van der Waals surface area contributed by atoms with Crippen molar-refractivity contribution in [1.82, 2.24) is 5.01 Å². The summed E-state index contributed by atoms with van der Waals surface area (Å²) in [5.41, 5.74) is 2.22. The van der Waals surface area contributed by atoms with E-state index < -0.39 is 0 Å². The Morgan fingerprint density at radius 1 is 1.43 bits per heavy atom. The second kappa shape index (κ2) is 3.54. The molecule has 0 bridgehead atoms. The number of hydrazine groups is 1. The van der Waals surface area contributed by atoms with E-state index in [9.17, 15) is 4.79 Å². The topological polar surface area (TPSA) is 23.6 Å². The van der Waals surface area contributed by atoms with Crippen LogP contribution >= 0.6 is 0 Å². The second-order valence-electron chi connectivity index (χ2n) is 3.22. The third-order valence-electron chi connectivity index (χ3n) is 2.32. The van der Waals surface area contributed by atoms with Gasteiger partial charge in [-0.15, -0.1) is 0 Å². The second-order valence-corrected chi connectivity index (χ2v) is 3.22. The Balaban J connectivity index is 2.40. The first-order valence-corrected chi connectivity index (χ1v) is 4.54. The van der Waals surface area contributed by atoms with Crippen LogP contribution in [0.1, 0.15) is 5.56 Å². The third-order valence-corrected chi connectivity index (χ3v) is 2.32. The van der Waals surface area contributed by atoms with E-state index in [1.54, 1.807) is 12.1 Å². The van der Waals surface area contributed by atoms with Crippen molar-refractivity contribution in [3.63, 3.8) is 0 Å². The SMILES string of the molecule is CN(C=O)N1CC=Cc2ccccc21. The van der Waals surface area contributed by atoms with Crippen molar-refractivity contribution in [1.29, 1.82) is 0 Å². The van der Waals surface area contributed by atoms with E-state index in [1.165, 1.54) is 0 Å². The van der Waals surface area contributed by atoms with E-state index in [1.807, 2.05) is 35.4 Å². The molecular weight excluding hydrogens is 176 g/mol. The van der Waals surface area contributed by atoms with Crippen LogP contribution in [0.3, 0.4) is 0 Å². The summed E-state index contributed by atoms with van der Waals surface area (Å²) in [6.45, 7) is 0.742. The van der Waals surface area contributed by atoms with Crippen LogP contribution in [0.5, 0.6) is 0 Å². The number of nitrogens with zero attached hydrogens (tertiary/aromatic N) is 2. The minimum Gasteiger partial charge on any atom is -0.279 e. The van der Waals surface area contributed by atoms with Crippen LogP contribution in [-0.2, 0) is 4.79 Å². The average Bonchev–Trinajstić information content (AvgIpc) is 2.27. The van der Waals surface area contributed by atoms with Crippen molar-refractivity contribution >= 4 is 18.2 Å². The fourth-order valence-corrected chi connectivity index (χ4v) is 1.60. The van der Waals surface area contributed by atoms with Gasteiger partial charge in [0.1, 0.15) is 0 Å². The highest BCUT2D eigenvalue weighted by Crippen LogP contribution is 2.25. The molecule has 1 aromatic carbocycles. The number of carbonyl (C=O) groups excluding carboxylic acids is 1. The van der Waals surface area contributed by atoms with Crippen LogP contribution in [0.2, 0.25) is 0 Å². The van der Waals surface area contributed by atoms with Gasteiger partial charge in [0.2, 0.25) is 6.41 Å². The molecule has 0 radical (unpaired) electrons. The largest absolute Gasteiger partial charge is 0.279 e. The molecule has 0 saturated carbocycles. The Bertz CT molecular complexity index is 373. The number of rotatable bonds is 2. The first-order chi connectivity index (χ1) is 6.83. The van der Waals surface area contributed by atoms with Crippen molar-refractivity contribution in [2.45, 2.75) is 0 Å². The monoisotopic (exact) mass is 188 g/mol. The Kier molecular flexibility index (Phi) is 2.23. The van der Waals surface area contributed by atoms with Crippen molar-refractivity contribution in [2.24, 2.45) is 0 Å². The molecule has 0 atom stereocenters. The van der Waals surface area contributed by atoms with E-state index in [0.29, 0.717) is 0 Å². The normalized spacial score (nSPS) is 13.6. The number of hydrogen-bond donors (Lipinski definition) is 0. The highest BCUT2D eigenvalue weighted by molar-refractivity contribution is 5.72. The Morgan fingerprint density at radius 2 is 2.21 bits per heavy atom. The minimum absolute atomic E-state index is 0.742. The van der Waals surface area contributed by atoms with Gasteiger partial charge < -0.3 is 0 Å². The summed E-state index contributed by atoms with van der Waals surface area (Å²) in [4.78, 5) is 10.7. The summed E-state index contributed by atoms with van der Waals surface area (Å²) >= 11 is 0. The van der Waals surface area contributed by atoms with Gasteiger partial charge in [-0.2, -0.15) is 0 Å². The van der Waals surface area contributed by atoms with Crippen LogP contribution in [0.4, 0.5) is 5.69 Å². The molecule has 0 aliphatic carbocycles. The van der Waals surface area contributed by atoms with Crippen molar-refractivity contribution in [3.8, 4) is 0 Å². The summed E-state index contributed by atoms with van der Waals surface area (Å²) in [5.74, 6) is 0. The predicted octanol–water partition coefficient (Wildman–Crippen LogP) is 1.52. The highest BCUT2D eigenvalue weighted by atomic mass is 16.1. The molecule has 2 rings (SSSR count). The number of benzene rings is 1. The van der Waals surface area contributed by atoms with Gasteiger partial charge in [0, 0.05) is 7.05 Å². The first-order valence-electron chi connectivity index (χ1n) is 4.54. The van der Waals surface area contributed by atoms with Gasteiger partial charge in [0.25, 0.3) is 0 Å². The van der Waals surface area contributed by atoms with Gasteiger partial charge in [0.15, 0.2) is 0 Å².